The Morgan fingerprint density at radius 1 is 1.09 bits per heavy atom. The van der Waals surface area contributed by atoms with E-state index in [9.17, 15) is 4.39 Å². The SMILES string of the molecule is CCOC(=N)c1ccc(-c2ccc(OC(C)C)c(F)c2)cc1. The molecule has 2 aromatic carbocycles. The van der Waals surface area contributed by atoms with Gasteiger partial charge in [0.25, 0.3) is 0 Å². The zero-order chi connectivity index (χ0) is 16.1. The fraction of sp³-hybridized carbons (Fsp3) is 0.278. The van der Waals surface area contributed by atoms with Gasteiger partial charge in [0.05, 0.1) is 12.7 Å². The molecule has 0 aliphatic rings. The Hall–Kier alpha value is -2.36. The predicted octanol–water partition coefficient (Wildman–Crippen LogP) is 4.64. The van der Waals surface area contributed by atoms with Crippen LogP contribution >= 0.6 is 0 Å². The summed E-state index contributed by atoms with van der Waals surface area (Å²) in [4.78, 5) is 0. The van der Waals surface area contributed by atoms with Crippen molar-refractivity contribution in [2.45, 2.75) is 26.9 Å². The summed E-state index contributed by atoms with van der Waals surface area (Å²) in [5.41, 5.74) is 2.34. The molecule has 2 aromatic rings. The van der Waals surface area contributed by atoms with Gasteiger partial charge >= 0.3 is 0 Å². The fourth-order valence-electron chi connectivity index (χ4n) is 2.07. The first kappa shape index (κ1) is 16.0. The summed E-state index contributed by atoms with van der Waals surface area (Å²) in [7, 11) is 0. The van der Waals surface area contributed by atoms with Crippen LogP contribution in [0.1, 0.15) is 26.3 Å². The largest absolute Gasteiger partial charge is 0.488 e. The fourth-order valence-corrected chi connectivity index (χ4v) is 2.07. The second-order valence-corrected chi connectivity index (χ2v) is 5.15. The number of nitrogens with one attached hydrogen (secondary N) is 1. The van der Waals surface area contributed by atoms with Crippen LogP contribution in [0, 0.1) is 11.2 Å². The molecule has 3 nitrogen and oxygen atoms in total. The minimum Gasteiger partial charge on any atom is -0.488 e. The monoisotopic (exact) mass is 301 g/mol. The first-order valence-corrected chi connectivity index (χ1v) is 7.29. The van der Waals surface area contributed by atoms with Gasteiger partial charge in [-0.25, -0.2) is 4.39 Å². The molecule has 4 heteroatoms. The highest BCUT2D eigenvalue weighted by Gasteiger charge is 2.08. The Kier molecular flexibility index (Phi) is 5.15. The van der Waals surface area contributed by atoms with Gasteiger partial charge in [-0.3, -0.25) is 5.41 Å². The second-order valence-electron chi connectivity index (χ2n) is 5.15. The summed E-state index contributed by atoms with van der Waals surface area (Å²) < 4.78 is 24.6. The summed E-state index contributed by atoms with van der Waals surface area (Å²) >= 11 is 0. The second kappa shape index (κ2) is 7.07. The van der Waals surface area contributed by atoms with Gasteiger partial charge in [-0.1, -0.05) is 18.2 Å². The topological polar surface area (TPSA) is 42.3 Å². The molecule has 0 aliphatic carbocycles. The van der Waals surface area contributed by atoms with E-state index in [1.54, 1.807) is 18.2 Å². The average Bonchev–Trinajstić information content (AvgIpc) is 2.49. The zero-order valence-electron chi connectivity index (χ0n) is 13.0. The summed E-state index contributed by atoms with van der Waals surface area (Å²) in [5.74, 6) is 0.0201. The molecule has 0 spiro atoms. The van der Waals surface area contributed by atoms with E-state index in [2.05, 4.69) is 0 Å². The number of hydrogen-bond acceptors (Lipinski definition) is 3. The van der Waals surface area contributed by atoms with Crippen molar-refractivity contribution in [2.24, 2.45) is 0 Å². The summed E-state index contributed by atoms with van der Waals surface area (Å²) in [6, 6.07) is 12.2. The van der Waals surface area contributed by atoms with Crippen LogP contribution in [0.15, 0.2) is 42.5 Å². The van der Waals surface area contributed by atoms with Crippen molar-refractivity contribution < 1.29 is 13.9 Å². The minimum absolute atomic E-state index is 0.0655. The van der Waals surface area contributed by atoms with E-state index in [1.165, 1.54) is 6.07 Å². The summed E-state index contributed by atoms with van der Waals surface area (Å²) in [5, 5.41) is 7.73. The normalized spacial score (nSPS) is 10.6. The molecule has 0 heterocycles. The average molecular weight is 301 g/mol. The lowest BCUT2D eigenvalue weighted by molar-refractivity contribution is 0.231. The van der Waals surface area contributed by atoms with Crippen LogP contribution in [-0.4, -0.2) is 18.6 Å². The first-order valence-electron chi connectivity index (χ1n) is 7.29. The molecule has 0 saturated heterocycles. The smallest absolute Gasteiger partial charge is 0.213 e. The van der Waals surface area contributed by atoms with E-state index in [0.29, 0.717) is 12.2 Å². The van der Waals surface area contributed by atoms with Gasteiger partial charge in [-0.2, -0.15) is 0 Å². The predicted molar refractivity (Wildman–Crippen MR) is 86.1 cm³/mol. The van der Waals surface area contributed by atoms with E-state index in [1.807, 2.05) is 39.0 Å². The van der Waals surface area contributed by atoms with Crippen molar-refractivity contribution in [3.8, 4) is 16.9 Å². The minimum atomic E-state index is -0.377. The molecule has 0 bridgehead atoms. The van der Waals surface area contributed by atoms with Crippen LogP contribution in [0.3, 0.4) is 0 Å². The van der Waals surface area contributed by atoms with Crippen molar-refractivity contribution in [2.75, 3.05) is 6.61 Å². The highest BCUT2D eigenvalue weighted by Crippen LogP contribution is 2.26. The van der Waals surface area contributed by atoms with Crippen molar-refractivity contribution in [1.82, 2.24) is 0 Å². The molecule has 0 aromatic heterocycles. The molecule has 0 saturated carbocycles. The Morgan fingerprint density at radius 3 is 2.27 bits per heavy atom. The third kappa shape index (κ3) is 3.85. The molecule has 0 aliphatic heterocycles. The highest BCUT2D eigenvalue weighted by molar-refractivity contribution is 5.92. The lowest BCUT2D eigenvalue weighted by Gasteiger charge is -2.12. The number of halogens is 1. The first-order chi connectivity index (χ1) is 10.5. The number of rotatable bonds is 5. The van der Waals surface area contributed by atoms with Gasteiger partial charge in [0.2, 0.25) is 5.90 Å². The molecule has 2 rings (SSSR count). The summed E-state index contributed by atoms with van der Waals surface area (Å²) in [6.45, 7) is 6.02. The maximum Gasteiger partial charge on any atom is 0.213 e. The van der Waals surface area contributed by atoms with Crippen LogP contribution in [-0.2, 0) is 4.74 Å². The molecule has 0 radical (unpaired) electrons. The maximum absolute atomic E-state index is 14.0. The molecule has 1 N–H and O–H groups in total. The van der Waals surface area contributed by atoms with Crippen LogP contribution in [0.4, 0.5) is 4.39 Å². The molecule has 22 heavy (non-hydrogen) atoms. The van der Waals surface area contributed by atoms with Gasteiger partial charge in [0.15, 0.2) is 11.6 Å². The third-order valence-electron chi connectivity index (χ3n) is 3.06. The number of hydrogen-bond donors (Lipinski definition) is 1. The van der Waals surface area contributed by atoms with E-state index in [0.717, 1.165) is 11.1 Å². The molecule has 0 amide bonds. The lowest BCUT2D eigenvalue weighted by Crippen LogP contribution is -2.06. The molecule has 0 fully saturated rings. The van der Waals surface area contributed by atoms with E-state index in [-0.39, 0.29) is 23.6 Å². The maximum atomic E-state index is 14.0. The Balaban J connectivity index is 2.21. The van der Waals surface area contributed by atoms with Crippen molar-refractivity contribution in [3.63, 3.8) is 0 Å². The standard InChI is InChI=1S/C18H20FNO2/c1-4-21-18(20)14-7-5-13(6-8-14)15-9-10-17(16(19)11-15)22-12(2)3/h5-12,20H,4H2,1-3H3. The van der Waals surface area contributed by atoms with Gasteiger partial charge in [-0.05, 0) is 56.2 Å². The highest BCUT2D eigenvalue weighted by atomic mass is 19.1. The Bertz CT molecular complexity index is 651. The van der Waals surface area contributed by atoms with E-state index in [4.69, 9.17) is 14.9 Å². The summed E-state index contributed by atoms with van der Waals surface area (Å²) in [6.07, 6.45) is -0.0655. The van der Waals surface area contributed by atoms with Crippen molar-refractivity contribution in [3.05, 3.63) is 53.8 Å². The Labute approximate surface area is 130 Å². The lowest BCUT2D eigenvalue weighted by atomic mass is 10.0. The quantitative estimate of drug-likeness (QED) is 0.645. The van der Waals surface area contributed by atoms with E-state index < -0.39 is 0 Å². The molecular weight excluding hydrogens is 281 g/mol. The van der Waals surface area contributed by atoms with Crippen LogP contribution in [0.25, 0.3) is 11.1 Å². The van der Waals surface area contributed by atoms with Crippen molar-refractivity contribution in [1.29, 1.82) is 5.41 Å². The van der Waals surface area contributed by atoms with Gasteiger partial charge in [-0.15, -0.1) is 0 Å². The molecule has 0 unspecified atom stereocenters. The van der Waals surface area contributed by atoms with Crippen LogP contribution < -0.4 is 4.74 Å². The van der Waals surface area contributed by atoms with Crippen LogP contribution in [0.5, 0.6) is 5.75 Å². The molecule has 0 atom stereocenters. The van der Waals surface area contributed by atoms with E-state index >= 15 is 0 Å². The zero-order valence-corrected chi connectivity index (χ0v) is 13.0. The number of benzene rings is 2. The van der Waals surface area contributed by atoms with Crippen LogP contribution in [0.2, 0.25) is 0 Å². The van der Waals surface area contributed by atoms with Gasteiger partial charge in [0, 0.05) is 5.56 Å². The number of ether oxygens (including phenoxy) is 2. The van der Waals surface area contributed by atoms with Gasteiger partial charge in [0.1, 0.15) is 0 Å². The molecular formula is C18H20FNO2. The van der Waals surface area contributed by atoms with Gasteiger partial charge < -0.3 is 9.47 Å². The Morgan fingerprint density at radius 2 is 1.73 bits per heavy atom. The van der Waals surface area contributed by atoms with Crippen molar-refractivity contribution >= 4 is 5.90 Å². The molecule has 116 valence electrons. The third-order valence-corrected chi connectivity index (χ3v) is 3.06.